The molecule has 1 aromatic carbocycles. The first-order chi connectivity index (χ1) is 9.13. The summed E-state index contributed by atoms with van der Waals surface area (Å²) >= 11 is 3.42. The smallest absolute Gasteiger partial charge is 0.0897 e. The third-order valence-corrected chi connectivity index (χ3v) is 3.51. The maximum absolute atomic E-state index is 9.79. The van der Waals surface area contributed by atoms with Gasteiger partial charge in [-0.3, -0.25) is 0 Å². The van der Waals surface area contributed by atoms with Gasteiger partial charge >= 0.3 is 0 Å². The lowest BCUT2D eigenvalue weighted by Crippen LogP contribution is -2.32. The summed E-state index contributed by atoms with van der Waals surface area (Å²) in [5.74, 6) is 0. The van der Waals surface area contributed by atoms with Gasteiger partial charge in [0.2, 0.25) is 0 Å². The molecule has 19 heavy (non-hydrogen) atoms. The SMILES string of the molecule is CCCCOCC(O)CNC(C)c1ccc(Br)cc1. The topological polar surface area (TPSA) is 41.5 Å². The van der Waals surface area contributed by atoms with Crippen LogP contribution in [0.3, 0.4) is 0 Å². The first kappa shape index (κ1) is 16.6. The number of aliphatic hydroxyl groups excluding tert-OH is 1. The van der Waals surface area contributed by atoms with Crippen LogP contribution in [0, 0.1) is 0 Å². The summed E-state index contributed by atoms with van der Waals surface area (Å²) in [4.78, 5) is 0. The summed E-state index contributed by atoms with van der Waals surface area (Å²) in [5.41, 5.74) is 1.21. The van der Waals surface area contributed by atoms with Gasteiger partial charge in [0.1, 0.15) is 0 Å². The van der Waals surface area contributed by atoms with Crippen molar-refractivity contribution in [1.29, 1.82) is 0 Å². The predicted octanol–water partition coefficient (Wildman–Crippen LogP) is 3.28. The van der Waals surface area contributed by atoms with E-state index in [0.29, 0.717) is 13.2 Å². The molecule has 0 aliphatic heterocycles. The summed E-state index contributed by atoms with van der Waals surface area (Å²) in [6.07, 6.45) is 1.72. The van der Waals surface area contributed by atoms with Crippen molar-refractivity contribution in [2.24, 2.45) is 0 Å². The van der Waals surface area contributed by atoms with Crippen LogP contribution in [0.5, 0.6) is 0 Å². The van der Waals surface area contributed by atoms with Gasteiger partial charge in [0.05, 0.1) is 12.7 Å². The highest BCUT2D eigenvalue weighted by Gasteiger charge is 2.08. The molecule has 2 N–H and O–H groups in total. The summed E-state index contributed by atoms with van der Waals surface area (Å²) in [6.45, 7) is 5.90. The molecule has 0 heterocycles. The maximum Gasteiger partial charge on any atom is 0.0897 e. The molecule has 1 aromatic rings. The van der Waals surface area contributed by atoms with Crippen LogP contribution < -0.4 is 5.32 Å². The molecular weight excluding hydrogens is 306 g/mol. The van der Waals surface area contributed by atoms with Crippen LogP contribution in [0.2, 0.25) is 0 Å². The molecule has 108 valence electrons. The number of aliphatic hydroxyl groups is 1. The fourth-order valence-corrected chi connectivity index (χ4v) is 1.97. The number of unbranched alkanes of at least 4 members (excludes halogenated alkanes) is 1. The van der Waals surface area contributed by atoms with Crippen LogP contribution in [-0.4, -0.2) is 31.0 Å². The van der Waals surface area contributed by atoms with Crippen molar-refractivity contribution in [3.63, 3.8) is 0 Å². The predicted molar refractivity (Wildman–Crippen MR) is 82.3 cm³/mol. The lowest BCUT2D eigenvalue weighted by Gasteiger charge is -2.17. The normalized spacial score (nSPS) is 14.3. The quantitative estimate of drug-likeness (QED) is 0.683. The minimum atomic E-state index is -0.449. The van der Waals surface area contributed by atoms with Crippen molar-refractivity contribution in [3.05, 3.63) is 34.3 Å². The van der Waals surface area contributed by atoms with Crippen molar-refractivity contribution in [2.45, 2.75) is 38.8 Å². The van der Waals surface area contributed by atoms with Gasteiger partial charge in [-0.15, -0.1) is 0 Å². The van der Waals surface area contributed by atoms with E-state index in [1.165, 1.54) is 5.56 Å². The lowest BCUT2D eigenvalue weighted by molar-refractivity contribution is 0.0348. The Bertz CT molecular complexity index is 343. The second-order valence-corrected chi connectivity index (χ2v) is 5.68. The van der Waals surface area contributed by atoms with E-state index in [-0.39, 0.29) is 6.04 Å². The summed E-state index contributed by atoms with van der Waals surface area (Å²) in [5, 5.41) is 13.1. The van der Waals surface area contributed by atoms with Crippen molar-refractivity contribution >= 4 is 15.9 Å². The minimum Gasteiger partial charge on any atom is -0.389 e. The zero-order chi connectivity index (χ0) is 14.1. The van der Waals surface area contributed by atoms with Crippen molar-refractivity contribution in [3.8, 4) is 0 Å². The minimum absolute atomic E-state index is 0.221. The van der Waals surface area contributed by atoms with Gasteiger partial charge in [-0.1, -0.05) is 41.4 Å². The monoisotopic (exact) mass is 329 g/mol. The molecule has 2 atom stereocenters. The van der Waals surface area contributed by atoms with Gasteiger partial charge in [0.15, 0.2) is 0 Å². The highest BCUT2D eigenvalue weighted by atomic mass is 79.9. The first-order valence-corrected chi connectivity index (χ1v) is 7.67. The fraction of sp³-hybridized carbons (Fsp3) is 0.600. The van der Waals surface area contributed by atoms with Crippen LogP contribution in [0.15, 0.2) is 28.7 Å². The van der Waals surface area contributed by atoms with E-state index in [1.807, 2.05) is 12.1 Å². The van der Waals surface area contributed by atoms with E-state index in [4.69, 9.17) is 4.74 Å². The first-order valence-electron chi connectivity index (χ1n) is 6.88. The average molecular weight is 330 g/mol. The summed E-state index contributed by atoms with van der Waals surface area (Å²) < 4.78 is 6.47. The highest BCUT2D eigenvalue weighted by molar-refractivity contribution is 9.10. The fourth-order valence-electron chi connectivity index (χ4n) is 1.71. The van der Waals surface area contributed by atoms with Gasteiger partial charge in [0, 0.05) is 23.7 Å². The Balaban J connectivity index is 2.22. The van der Waals surface area contributed by atoms with E-state index in [0.717, 1.165) is 23.9 Å². The van der Waals surface area contributed by atoms with Crippen molar-refractivity contribution in [2.75, 3.05) is 19.8 Å². The van der Waals surface area contributed by atoms with E-state index < -0.39 is 6.10 Å². The molecule has 0 radical (unpaired) electrons. The third-order valence-electron chi connectivity index (χ3n) is 2.98. The number of nitrogens with one attached hydrogen (secondary N) is 1. The second kappa shape index (κ2) is 9.48. The van der Waals surface area contributed by atoms with Gasteiger partial charge in [-0.25, -0.2) is 0 Å². The van der Waals surface area contributed by atoms with E-state index in [2.05, 4.69) is 47.2 Å². The van der Waals surface area contributed by atoms with Gasteiger partial charge in [-0.05, 0) is 31.0 Å². The van der Waals surface area contributed by atoms with Crippen LogP contribution in [0.4, 0.5) is 0 Å². The molecule has 0 saturated heterocycles. The second-order valence-electron chi connectivity index (χ2n) is 4.76. The average Bonchev–Trinajstić information content (AvgIpc) is 2.42. The van der Waals surface area contributed by atoms with Gasteiger partial charge in [0.25, 0.3) is 0 Å². The molecule has 0 fully saturated rings. The molecule has 1 rings (SSSR count). The highest BCUT2D eigenvalue weighted by Crippen LogP contribution is 2.16. The number of ether oxygens (including phenoxy) is 1. The van der Waals surface area contributed by atoms with Crippen LogP contribution in [0.1, 0.15) is 38.3 Å². The Hall–Kier alpha value is -0.420. The molecule has 2 unspecified atom stereocenters. The van der Waals surface area contributed by atoms with Crippen molar-refractivity contribution in [1.82, 2.24) is 5.32 Å². The number of halogens is 1. The van der Waals surface area contributed by atoms with Crippen LogP contribution >= 0.6 is 15.9 Å². The molecule has 0 amide bonds. The molecule has 0 bridgehead atoms. The Morgan fingerprint density at radius 3 is 2.63 bits per heavy atom. The summed E-state index contributed by atoms with van der Waals surface area (Å²) in [6, 6.07) is 8.42. The van der Waals surface area contributed by atoms with Crippen LogP contribution in [0.25, 0.3) is 0 Å². The Labute approximate surface area is 124 Å². The largest absolute Gasteiger partial charge is 0.389 e. The molecule has 4 heteroatoms. The van der Waals surface area contributed by atoms with E-state index in [1.54, 1.807) is 0 Å². The van der Waals surface area contributed by atoms with E-state index >= 15 is 0 Å². The molecule has 0 aliphatic carbocycles. The summed E-state index contributed by atoms with van der Waals surface area (Å²) in [7, 11) is 0. The third kappa shape index (κ3) is 7.06. The van der Waals surface area contributed by atoms with Gasteiger partial charge < -0.3 is 15.2 Å². The molecule has 0 aromatic heterocycles. The molecule has 3 nitrogen and oxygen atoms in total. The Morgan fingerprint density at radius 2 is 2.00 bits per heavy atom. The maximum atomic E-state index is 9.79. The lowest BCUT2D eigenvalue weighted by atomic mass is 10.1. The number of rotatable bonds is 9. The number of benzene rings is 1. The standard InChI is InChI=1S/C15H24BrNO2/c1-3-4-9-19-11-15(18)10-17-12(2)13-5-7-14(16)8-6-13/h5-8,12,15,17-18H,3-4,9-11H2,1-2H3. The van der Waals surface area contributed by atoms with Crippen LogP contribution in [-0.2, 0) is 4.74 Å². The zero-order valence-electron chi connectivity index (χ0n) is 11.7. The van der Waals surface area contributed by atoms with E-state index in [9.17, 15) is 5.11 Å². The molecule has 0 aliphatic rings. The Kier molecular flexibility index (Phi) is 8.30. The van der Waals surface area contributed by atoms with Crippen molar-refractivity contribution < 1.29 is 9.84 Å². The Morgan fingerprint density at radius 1 is 1.32 bits per heavy atom. The molecular formula is C15H24BrNO2. The van der Waals surface area contributed by atoms with Gasteiger partial charge in [-0.2, -0.15) is 0 Å². The zero-order valence-corrected chi connectivity index (χ0v) is 13.3. The number of hydrogen-bond acceptors (Lipinski definition) is 3. The number of hydrogen-bond donors (Lipinski definition) is 2. The molecule has 0 spiro atoms. The molecule has 0 saturated carbocycles.